The van der Waals surface area contributed by atoms with Crippen LogP contribution in [0.15, 0.2) is 18.2 Å². The van der Waals surface area contributed by atoms with Crippen molar-refractivity contribution < 1.29 is 5.11 Å². The van der Waals surface area contributed by atoms with E-state index in [4.69, 9.17) is 5.11 Å². The molecule has 1 unspecified atom stereocenters. The lowest BCUT2D eigenvalue weighted by atomic mass is 10.1. The standard InChI is InChI=1S/C14H21NO/c1-10-8-14(7-6-13(10)9-16)15(3)11(2)12-4-5-12/h6-8,11-12,16H,4-5,9H2,1-3H3. The maximum atomic E-state index is 9.14. The van der Waals surface area contributed by atoms with Gasteiger partial charge >= 0.3 is 0 Å². The summed E-state index contributed by atoms with van der Waals surface area (Å²) in [6.07, 6.45) is 2.75. The van der Waals surface area contributed by atoms with Gasteiger partial charge in [-0.2, -0.15) is 0 Å². The molecule has 0 bridgehead atoms. The van der Waals surface area contributed by atoms with Crippen molar-refractivity contribution in [2.24, 2.45) is 5.92 Å². The minimum atomic E-state index is 0.133. The van der Waals surface area contributed by atoms with Gasteiger partial charge in [0.25, 0.3) is 0 Å². The van der Waals surface area contributed by atoms with E-state index in [9.17, 15) is 0 Å². The second-order valence-electron chi connectivity index (χ2n) is 4.96. The Kier molecular flexibility index (Phi) is 3.20. The van der Waals surface area contributed by atoms with Gasteiger partial charge in [0.2, 0.25) is 0 Å². The van der Waals surface area contributed by atoms with E-state index in [2.05, 4.69) is 37.9 Å². The Morgan fingerprint density at radius 1 is 1.44 bits per heavy atom. The molecule has 0 spiro atoms. The van der Waals surface area contributed by atoms with Crippen molar-refractivity contribution >= 4 is 5.69 Å². The Morgan fingerprint density at radius 2 is 2.12 bits per heavy atom. The van der Waals surface area contributed by atoms with Crippen molar-refractivity contribution in [3.63, 3.8) is 0 Å². The lowest BCUT2D eigenvalue weighted by Gasteiger charge is -2.27. The molecule has 1 aromatic rings. The van der Waals surface area contributed by atoms with Gasteiger partial charge in [-0.15, -0.1) is 0 Å². The number of aliphatic hydroxyl groups is 1. The first-order valence-corrected chi connectivity index (χ1v) is 6.06. The Morgan fingerprint density at radius 3 is 2.62 bits per heavy atom. The lowest BCUT2D eigenvalue weighted by Crippen LogP contribution is -2.30. The summed E-state index contributed by atoms with van der Waals surface area (Å²) >= 11 is 0. The average molecular weight is 219 g/mol. The molecule has 1 aliphatic rings. The fraction of sp³-hybridized carbons (Fsp3) is 0.571. The fourth-order valence-corrected chi connectivity index (χ4v) is 2.21. The van der Waals surface area contributed by atoms with Gasteiger partial charge < -0.3 is 10.0 Å². The number of hydrogen-bond acceptors (Lipinski definition) is 2. The zero-order valence-electron chi connectivity index (χ0n) is 10.4. The Labute approximate surface area is 97.9 Å². The first-order valence-electron chi connectivity index (χ1n) is 6.06. The quantitative estimate of drug-likeness (QED) is 0.841. The van der Waals surface area contributed by atoms with Crippen LogP contribution in [-0.2, 0) is 6.61 Å². The van der Waals surface area contributed by atoms with Crippen LogP contribution in [0.5, 0.6) is 0 Å². The zero-order valence-corrected chi connectivity index (χ0v) is 10.4. The van der Waals surface area contributed by atoms with Crippen molar-refractivity contribution in [3.05, 3.63) is 29.3 Å². The Balaban J connectivity index is 2.16. The molecule has 0 radical (unpaired) electrons. The van der Waals surface area contributed by atoms with E-state index in [1.54, 1.807) is 0 Å². The molecular formula is C14H21NO. The maximum Gasteiger partial charge on any atom is 0.0684 e. The van der Waals surface area contributed by atoms with Gasteiger partial charge in [0, 0.05) is 18.8 Å². The van der Waals surface area contributed by atoms with Crippen molar-refractivity contribution in [2.75, 3.05) is 11.9 Å². The molecule has 1 aliphatic carbocycles. The van der Waals surface area contributed by atoms with E-state index in [1.165, 1.54) is 24.1 Å². The number of aryl methyl sites for hydroxylation is 1. The number of anilines is 1. The monoisotopic (exact) mass is 219 g/mol. The summed E-state index contributed by atoms with van der Waals surface area (Å²) in [6, 6.07) is 6.93. The second-order valence-corrected chi connectivity index (χ2v) is 4.96. The van der Waals surface area contributed by atoms with Crippen LogP contribution in [0.3, 0.4) is 0 Å². The molecule has 0 heterocycles. The normalized spacial score (nSPS) is 17.2. The smallest absolute Gasteiger partial charge is 0.0684 e. The maximum absolute atomic E-state index is 9.14. The molecular weight excluding hydrogens is 198 g/mol. The molecule has 2 heteroatoms. The molecule has 0 aliphatic heterocycles. The molecule has 0 saturated heterocycles. The van der Waals surface area contributed by atoms with Gasteiger partial charge in [-0.1, -0.05) is 6.07 Å². The zero-order chi connectivity index (χ0) is 11.7. The third-order valence-corrected chi connectivity index (χ3v) is 3.82. The Hall–Kier alpha value is -1.02. The van der Waals surface area contributed by atoms with Crippen LogP contribution in [0.25, 0.3) is 0 Å². The summed E-state index contributed by atoms with van der Waals surface area (Å²) in [6.45, 7) is 4.49. The molecule has 1 atom stereocenters. The molecule has 2 rings (SSSR count). The van der Waals surface area contributed by atoms with Gasteiger partial charge in [-0.05, 0) is 55.9 Å². The van der Waals surface area contributed by atoms with E-state index in [0.29, 0.717) is 6.04 Å². The summed E-state index contributed by atoms with van der Waals surface area (Å²) in [5.74, 6) is 0.878. The molecule has 16 heavy (non-hydrogen) atoms. The summed E-state index contributed by atoms with van der Waals surface area (Å²) in [7, 11) is 2.16. The van der Waals surface area contributed by atoms with Crippen molar-refractivity contribution in [3.8, 4) is 0 Å². The third kappa shape index (κ3) is 2.22. The molecule has 88 valence electrons. The minimum Gasteiger partial charge on any atom is -0.392 e. The highest BCUT2D eigenvalue weighted by Gasteiger charge is 2.30. The van der Waals surface area contributed by atoms with E-state index < -0.39 is 0 Å². The van der Waals surface area contributed by atoms with Crippen molar-refractivity contribution in [2.45, 2.75) is 39.3 Å². The van der Waals surface area contributed by atoms with Crippen LogP contribution < -0.4 is 4.90 Å². The lowest BCUT2D eigenvalue weighted by molar-refractivity contribution is 0.281. The van der Waals surface area contributed by atoms with E-state index in [-0.39, 0.29) is 6.61 Å². The Bertz CT molecular complexity index is 371. The summed E-state index contributed by atoms with van der Waals surface area (Å²) in [5.41, 5.74) is 3.46. The van der Waals surface area contributed by atoms with Crippen molar-refractivity contribution in [1.82, 2.24) is 0 Å². The van der Waals surface area contributed by atoms with Gasteiger partial charge in [-0.25, -0.2) is 0 Å². The van der Waals surface area contributed by atoms with Crippen LogP contribution in [0, 0.1) is 12.8 Å². The van der Waals surface area contributed by atoms with E-state index >= 15 is 0 Å². The number of rotatable bonds is 4. The summed E-state index contributed by atoms with van der Waals surface area (Å²) in [4.78, 5) is 2.35. The molecule has 0 amide bonds. The molecule has 1 N–H and O–H groups in total. The first kappa shape index (κ1) is 11.5. The van der Waals surface area contributed by atoms with Gasteiger partial charge in [0.15, 0.2) is 0 Å². The fourth-order valence-electron chi connectivity index (χ4n) is 2.21. The topological polar surface area (TPSA) is 23.5 Å². The third-order valence-electron chi connectivity index (χ3n) is 3.82. The van der Waals surface area contributed by atoms with Crippen LogP contribution >= 0.6 is 0 Å². The van der Waals surface area contributed by atoms with Gasteiger partial charge in [0.1, 0.15) is 0 Å². The van der Waals surface area contributed by atoms with Crippen LogP contribution in [-0.4, -0.2) is 18.2 Å². The molecule has 1 saturated carbocycles. The van der Waals surface area contributed by atoms with Crippen molar-refractivity contribution in [1.29, 1.82) is 0 Å². The van der Waals surface area contributed by atoms with Crippen LogP contribution in [0.2, 0.25) is 0 Å². The summed E-state index contributed by atoms with van der Waals surface area (Å²) in [5, 5.41) is 9.14. The molecule has 1 aromatic carbocycles. The largest absolute Gasteiger partial charge is 0.392 e. The van der Waals surface area contributed by atoms with Crippen LogP contribution in [0.4, 0.5) is 5.69 Å². The highest BCUT2D eigenvalue weighted by Crippen LogP contribution is 2.36. The second kappa shape index (κ2) is 4.46. The highest BCUT2D eigenvalue weighted by atomic mass is 16.3. The number of nitrogens with zero attached hydrogens (tertiary/aromatic N) is 1. The molecule has 0 aromatic heterocycles. The molecule has 1 fully saturated rings. The van der Waals surface area contributed by atoms with Gasteiger partial charge in [-0.3, -0.25) is 0 Å². The average Bonchev–Trinajstić information content (AvgIpc) is 3.11. The van der Waals surface area contributed by atoms with Crippen LogP contribution in [0.1, 0.15) is 30.9 Å². The number of benzene rings is 1. The van der Waals surface area contributed by atoms with E-state index in [1.807, 2.05) is 6.07 Å². The predicted molar refractivity (Wildman–Crippen MR) is 67.7 cm³/mol. The summed E-state index contributed by atoms with van der Waals surface area (Å²) < 4.78 is 0. The number of hydrogen-bond donors (Lipinski definition) is 1. The molecule has 2 nitrogen and oxygen atoms in total. The SMILES string of the molecule is Cc1cc(N(C)C(C)C2CC2)ccc1CO. The van der Waals surface area contributed by atoms with E-state index in [0.717, 1.165) is 11.5 Å². The predicted octanol–water partition coefficient (Wildman–Crippen LogP) is 2.72. The highest BCUT2D eigenvalue weighted by molar-refractivity contribution is 5.51. The minimum absolute atomic E-state index is 0.133. The first-order chi connectivity index (χ1) is 7.63. The van der Waals surface area contributed by atoms with Gasteiger partial charge in [0.05, 0.1) is 6.61 Å². The number of aliphatic hydroxyl groups excluding tert-OH is 1.